The highest BCUT2D eigenvalue weighted by molar-refractivity contribution is 5.30. The highest BCUT2D eigenvalue weighted by Gasteiger charge is 2.28. The lowest BCUT2D eigenvalue weighted by molar-refractivity contribution is 0.0977. The van der Waals surface area contributed by atoms with E-state index in [9.17, 15) is 0 Å². The van der Waals surface area contributed by atoms with E-state index in [4.69, 9.17) is 4.74 Å². The Hall–Kier alpha value is -1.09. The van der Waals surface area contributed by atoms with E-state index in [1.807, 2.05) is 18.5 Å². The van der Waals surface area contributed by atoms with Crippen LogP contribution in [0.1, 0.15) is 58.9 Å². The van der Waals surface area contributed by atoms with Gasteiger partial charge in [0.15, 0.2) is 0 Å². The van der Waals surface area contributed by atoms with Crippen molar-refractivity contribution in [1.29, 1.82) is 0 Å². The van der Waals surface area contributed by atoms with Gasteiger partial charge in [0, 0.05) is 30.5 Å². The van der Waals surface area contributed by atoms with Crippen LogP contribution in [-0.4, -0.2) is 17.1 Å². The van der Waals surface area contributed by atoms with Crippen LogP contribution in [0.5, 0.6) is 5.75 Å². The van der Waals surface area contributed by atoms with Gasteiger partial charge >= 0.3 is 0 Å². The van der Waals surface area contributed by atoms with E-state index in [0.717, 1.165) is 30.7 Å². The van der Waals surface area contributed by atoms with Gasteiger partial charge in [0.25, 0.3) is 0 Å². The summed E-state index contributed by atoms with van der Waals surface area (Å²) < 4.78 is 6.23. The predicted octanol–water partition coefficient (Wildman–Crippen LogP) is 3.93. The van der Waals surface area contributed by atoms with Crippen molar-refractivity contribution in [3.05, 3.63) is 24.0 Å². The summed E-state index contributed by atoms with van der Waals surface area (Å²) in [6, 6.07) is 2.47. The van der Waals surface area contributed by atoms with E-state index in [-0.39, 0.29) is 0 Å². The molecule has 0 bridgehead atoms. The van der Waals surface area contributed by atoms with Crippen LogP contribution in [-0.2, 0) is 6.54 Å². The minimum atomic E-state index is 0.364. The van der Waals surface area contributed by atoms with Crippen LogP contribution >= 0.6 is 0 Å². The number of hydrogen-bond acceptors (Lipinski definition) is 3. The van der Waals surface area contributed by atoms with Crippen molar-refractivity contribution in [3.8, 4) is 5.75 Å². The van der Waals surface area contributed by atoms with Gasteiger partial charge in [-0.1, -0.05) is 27.7 Å². The number of ether oxygens (including phenoxy) is 1. The molecule has 0 atom stereocenters. The van der Waals surface area contributed by atoms with Crippen molar-refractivity contribution in [2.45, 2.75) is 72.1 Å². The molecule has 0 saturated heterocycles. The third kappa shape index (κ3) is 4.48. The van der Waals surface area contributed by atoms with E-state index in [1.54, 1.807) is 0 Å². The normalized spacial score (nSPS) is 19.2. The number of nitrogens with one attached hydrogen (secondary N) is 1. The van der Waals surface area contributed by atoms with E-state index < -0.39 is 0 Å². The Kier molecular flexibility index (Phi) is 5.03. The maximum absolute atomic E-state index is 6.23. The minimum absolute atomic E-state index is 0.364. The minimum Gasteiger partial charge on any atom is -0.490 e. The molecule has 0 amide bonds. The van der Waals surface area contributed by atoms with E-state index in [0.29, 0.717) is 17.6 Å². The topological polar surface area (TPSA) is 34.2 Å². The highest BCUT2D eigenvalue weighted by Crippen LogP contribution is 2.36. The Morgan fingerprint density at radius 3 is 2.70 bits per heavy atom. The first-order valence-corrected chi connectivity index (χ1v) is 7.79. The smallest absolute Gasteiger partial charge is 0.127 e. The molecule has 1 aliphatic rings. The molecule has 0 aliphatic heterocycles. The number of aromatic nitrogens is 1. The predicted molar refractivity (Wildman–Crippen MR) is 82.9 cm³/mol. The lowest BCUT2D eigenvalue weighted by Crippen LogP contribution is -2.29. The number of pyridine rings is 1. The molecule has 0 spiro atoms. The SMILES string of the molecule is CC(C)NCc1cnccc1OC1CCC(C)(C)CC1. The molecule has 0 radical (unpaired) electrons. The standard InChI is InChI=1S/C17H28N2O/c1-13(2)19-12-14-11-18-10-7-16(14)20-15-5-8-17(3,4)9-6-15/h7,10-11,13,15,19H,5-6,8-9,12H2,1-4H3. The number of hydrogen-bond donors (Lipinski definition) is 1. The maximum atomic E-state index is 6.23. The van der Waals surface area contributed by atoms with Gasteiger partial charge in [-0.25, -0.2) is 0 Å². The van der Waals surface area contributed by atoms with Crippen LogP contribution in [0.4, 0.5) is 0 Å². The molecule has 0 aromatic carbocycles. The van der Waals surface area contributed by atoms with Crippen molar-refractivity contribution < 1.29 is 4.74 Å². The first kappa shape index (κ1) is 15.3. The van der Waals surface area contributed by atoms with E-state index in [2.05, 4.69) is 38.0 Å². The third-order valence-corrected chi connectivity index (χ3v) is 4.14. The Morgan fingerprint density at radius 1 is 1.35 bits per heavy atom. The summed E-state index contributed by atoms with van der Waals surface area (Å²) in [7, 11) is 0. The van der Waals surface area contributed by atoms with Gasteiger partial charge in [0.1, 0.15) is 5.75 Å². The molecule has 112 valence electrons. The fraction of sp³-hybridized carbons (Fsp3) is 0.706. The summed E-state index contributed by atoms with van der Waals surface area (Å²) in [4.78, 5) is 4.22. The first-order chi connectivity index (χ1) is 9.46. The largest absolute Gasteiger partial charge is 0.490 e. The molecule has 1 saturated carbocycles. The molecule has 2 rings (SSSR count). The van der Waals surface area contributed by atoms with Crippen molar-refractivity contribution in [3.63, 3.8) is 0 Å². The Morgan fingerprint density at radius 2 is 2.05 bits per heavy atom. The molecular formula is C17H28N2O. The zero-order chi connectivity index (χ0) is 14.6. The van der Waals surface area contributed by atoms with Crippen LogP contribution in [0.15, 0.2) is 18.5 Å². The van der Waals surface area contributed by atoms with Crippen LogP contribution in [0.3, 0.4) is 0 Å². The van der Waals surface area contributed by atoms with Gasteiger partial charge in [-0.05, 0) is 37.2 Å². The van der Waals surface area contributed by atoms with Gasteiger partial charge in [-0.15, -0.1) is 0 Å². The zero-order valence-corrected chi connectivity index (χ0v) is 13.3. The molecule has 1 heterocycles. The van der Waals surface area contributed by atoms with Crippen LogP contribution in [0.25, 0.3) is 0 Å². The van der Waals surface area contributed by atoms with Crippen molar-refractivity contribution in [1.82, 2.24) is 10.3 Å². The summed E-state index contributed by atoms with van der Waals surface area (Å²) in [5.74, 6) is 0.998. The summed E-state index contributed by atoms with van der Waals surface area (Å²) in [6.45, 7) is 9.83. The zero-order valence-electron chi connectivity index (χ0n) is 13.3. The second-order valence-corrected chi connectivity index (χ2v) is 7.00. The molecular weight excluding hydrogens is 248 g/mol. The van der Waals surface area contributed by atoms with Gasteiger partial charge in [0.05, 0.1) is 6.10 Å². The molecule has 1 aromatic heterocycles. The third-order valence-electron chi connectivity index (χ3n) is 4.14. The Labute approximate surface area is 123 Å². The van der Waals surface area contributed by atoms with Gasteiger partial charge in [-0.3, -0.25) is 4.98 Å². The fourth-order valence-corrected chi connectivity index (χ4v) is 2.65. The molecule has 0 unspecified atom stereocenters. The monoisotopic (exact) mass is 276 g/mol. The molecule has 1 aromatic rings. The summed E-state index contributed by atoms with van der Waals surface area (Å²) in [5.41, 5.74) is 1.64. The molecule has 3 nitrogen and oxygen atoms in total. The first-order valence-electron chi connectivity index (χ1n) is 7.79. The van der Waals surface area contributed by atoms with E-state index in [1.165, 1.54) is 12.8 Å². The molecule has 3 heteroatoms. The summed E-state index contributed by atoms with van der Waals surface area (Å²) in [5, 5.41) is 3.43. The van der Waals surface area contributed by atoms with Gasteiger partial charge in [-0.2, -0.15) is 0 Å². The summed E-state index contributed by atoms with van der Waals surface area (Å²) >= 11 is 0. The van der Waals surface area contributed by atoms with Crippen LogP contribution in [0.2, 0.25) is 0 Å². The van der Waals surface area contributed by atoms with Gasteiger partial charge in [0.2, 0.25) is 0 Å². The maximum Gasteiger partial charge on any atom is 0.127 e. The highest BCUT2D eigenvalue weighted by atomic mass is 16.5. The van der Waals surface area contributed by atoms with Crippen molar-refractivity contribution in [2.75, 3.05) is 0 Å². The average molecular weight is 276 g/mol. The lowest BCUT2D eigenvalue weighted by atomic mass is 9.76. The molecule has 1 N–H and O–H groups in total. The second kappa shape index (κ2) is 6.57. The lowest BCUT2D eigenvalue weighted by Gasteiger charge is -2.34. The van der Waals surface area contributed by atoms with Crippen molar-refractivity contribution >= 4 is 0 Å². The second-order valence-electron chi connectivity index (χ2n) is 7.00. The molecule has 1 aliphatic carbocycles. The summed E-state index contributed by atoms with van der Waals surface area (Å²) in [6.07, 6.45) is 8.92. The van der Waals surface area contributed by atoms with Gasteiger partial charge < -0.3 is 10.1 Å². The quantitative estimate of drug-likeness (QED) is 0.885. The Bertz CT molecular complexity index is 419. The van der Waals surface area contributed by atoms with E-state index >= 15 is 0 Å². The average Bonchev–Trinajstić information content (AvgIpc) is 2.40. The molecule has 1 fully saturated rings. The Balaban J connectivity index is 1.95. The van der Waals surface area contributed by atoms with Crippen LogP contribution in [0, 0.1) is 5.41 Å². The number of rotatable bonds is 5. The fourth-order valence-electron chi connectivity index (χ4n) is 2.65. The van der Waals surface area contributed by atoms with Crippen molar-refractivity contribution in [2.24, 2.45) is 5.41 Å². The molecule has 20 heavy (non-hydrogen) atoms. The van der Waals surface area contributed by atoms with Crippen LogP contribution < -0.4 is 10.1 Å². The number of nitrogens with zero attached hydrogens (tertiary/aromatic N) is 1.